The number of nitrogens with one attached hydrogen (secondary N) is 1. The largest absolute Gasteiger partial charge is 0.351 e. The lowest BCUT2D eigenvalue weighted by Crippen LogP contribution is -2.37. The van der Waals surface area contributed by atoms with Crippen molar-refractivity contribution in [1.29, 1.82) is 0 Å². The average molecular weight is 430 g/mol. The molecule has 0 aliphatic rings. The number of hydrogen-bond donors (Lipinski definition) is 2. The van der Waals surface area contributed by atoms with Gasteiger partial charge in [0.15, 0.2) is 0 Å². The maximum atomic E-state index is 6.06. The molecule has 0 saturated heterocycles. The molecule has 5 aromatic rings. The number of aromatic amines is 1. The lowest BCUT2D eigenvalue weighted by molar-refractivity contribution is 0.528. The summed E-state index contributed by atoms with van der Waals surface area (Å²) < 4.78 is 0. The lowest BCUT2D eigenvalue weighted by Gasteiger charge is -2.42. The molecular weight excluding hydrogens is 402 g/mol. The highest BCUT2D eigenvalue weighted by molar-refractivity contribution is 5.57. The Bertz CT molecular complexity index is 1180. The predicted octanol–water partition coefficient (Wildman–Crippen LogP) is 6.03. The van der Waals surface area contributed by atoms with Crippen LogP contribution in [0.15, 0.2) is 128 Å². The minimum atomic E-state index is -0.508. The lowest BCUT2D eigenvalue weighted by atomic mass is 9.59. The first-order valence-corrected chi connectivity index (χ1v) is 11.3. The summed E-state index contributed by atoms with van der Waals surface area (Å²) in [6, 6.07) is 40.9. The predicted molar refractivity (Wildman–Crippen MR) is 134 cm³/mol. The monoisotopic (exact) mass is 429 g/mol. The Morgan fingerprint density at radius 3 is 1.70 bits per heavy atom. The van der Waals surface area contributed by atoms with Crippen molar-refractivity contribution in [2.24, 2.45) is 5.73 Å². The first-order chi connectivity index (χ1) is 16.3. The third-order valence-corrected chi connectivity index (χ3v) is 6.46. The molecule has 1 heterocycles. The van der Waals surface area contributed by atoms with Crippen LogP contribution >= 0.6 is 0 Å². The number of H-pyrrole nitrogens is 1. The topological polar surface area (TPSA) is 54.7 Å². The Balaban J connectivity index is 1.93. The highest BCUT2D eigenvalue weighted by Gasteiger charge is 2.46. The summed E-state index contributed by atoms with van der Waals surface area (Å²) in [5.74, 6) is -0.0811. The van der Waals surface area contributed by atoms with Gasteiger partial charge in [-0.25, -0.2) is 4.98 Å². The fraction of sp³-hybridized carbons (Fsp3) is 0.100. The summed E-state index contributed by atoms with van der Waals surface area (Å²) in [6.45, 7) is 0.496. The summed E-state index contributed by atoms with van der Waals surface area (Å²) in [5.41, 5.74) is 12.5. The summed E-state index contributed by atoms with van der Waals surface area (Å²) >= 11 is 0. The van der Waals surface area contributed by atoms with Gasteiger partial charge in [-0.05, 0) is 27.8 Å². The molecule has 0 radical (unpaired) electrons. The van der Waals surface area contributed by atoms with Crippen LogP contribution in [0.25, 0.3) is 0 Å². The van der Waals surface area contributed by atoms with Crippen LogP contribution < -0.4 is 5.73 Å². The average Bonchev–Trinajstić information content (AvgIpc) is 3.43. The van der Waals surface area contributed by atoms with Crippen LogP contribution in [0.2, 0.25) is 0 Å². The third-order valence-electron chi connectivity index (χ3n) is 6.46. The molecule has 0 aliphatic carbocycles. The number of benzene rings is 4. The minimum absolute atomic E-state index is 0.0811. The van der Waals surface area contributed by atoms with Crippen LogP contribution in [0.5, 0.6) is 0 Å². The summed E-state index contributed by atoms with van der Waals surface area (Å²) in [6.07, 6.45) is 3.78. The van der Waals surface area contributed by atoms with Crippen LogP contribution in [0.4, 0.5) is 0 Å². The molecule has 5 rings (SSSR count). The van der Waals surface area contributed by atoms with Crippen LogP contribution in [0.3, 0.4) is 0 Å². The Morgan fingerprint density at radius 2 is 1.24 bits per heavy atom. The SMILES string of the molecule is NCc1cccc(C(c2c[nH]cn2)C(c2ccccc2)(c2ccccc2)c2ccccc2)c1. The van der Waals surface area contributed by atoms with Crippen LogP contribution in [0, 0.1) is 0 Å². The molecule has 0 spiro atoms. The molecule has 1 atom stereocenters. The molecule has 0 amide bonds. The van der Waals surface area contributed by atoms with Gasteiger partial charge >= 0.3 is 0 Å². The van der Waals surface area contributed by atoms with E-state index in [2.05, 4.69) is 120 Å². The number of nitrogens with zero attached hydrogens (tertiary/aromatic N) is 1. The van der Waals surface area contributed by atoms with Gasteiger partial charge in [0.05, 0.1) is 17.4 Å². The van der Waals surface area contributed by atoms with Gasteiger partial charge in [0.2, 0.25) is 0 Å². The molecule has 3 N–H and O–H groups in total. The van der Waals surface area contributed by atoms with Gasteiger partial charge in [-0.1, -0.05) is 115 Å². The molecule has 1 unspecified atom stereocenters. The molecule has 0 bridgehead atoms. The van der Waals surface area contributed by atoms with Crippen LogP contribution in [0.1, 0.15) is 39.4 Å². The fourth-order valence-corrected chi connectivity index (χ4v) is 5.07. The number of aromatic nitrogens is 2. The number of nitrogens with two attached hydrogens (primary N) is 1. The molecule has 0 fully saturated rings. The van der Waals surface area contributed by atoms with Crippen LogP contribution in [-0.2, 0) is 12.0 Å². The van der Waals surface area contributed by atoms with Crippen molar-refractivity contribution in [1.82, 2.24) is 9.97 Å². The summed E-state index contributed by atoms with van der Waals surface area (Å²) in [4.78, 5) is 8.00. The smallest absolute Gasteiger partial charge is 0.0923 e. The highest BCUT2D eigenvalue weighted by Crippen LogP contribution is 2.52. The van der Waals surface area contributed by atoms with Gasteiger partial charge < -0.3 is 10.7 Å². The van der Waals surface area contributed by atoms with E-state index in [0.29, 0.717) is 6.54 Å². The van der Waals surface area contributed by atoms with Gasteiger partial charge in [-0.2, -0.15) is 0 Å². The van der Waals surface area contributed by atoms with E-state index in [-0.39, 0.29) is 5.92 Å². The Morgan fingerprint density at radius 1 is 0.697 bits per heavy atom. The van der Waals surface area contributed by atoms with Gasteiger partial charge in [-0.3, -0.25) is 0 Å². The van der Waals surface area contributed by atoms with Crippen LogP contribution in [-0.4, -0.2) is 9.97 Å². The van der Waals surface area contributed by atoms with E-state index in [4.69, 9.17) is 10.7 Å². The Kier molecular flexibility index (Phi) is 5.88. The minimum Gasteiger partial charge on any atom is -0.351 e. The second-order valence-electron chi connectivity index (χ2n) is 8.28. The number of rotatable bonds is 7. The van der Waals surface area contributed by atoms with E-state index >= 15 is 0 Å². The first kappa shape index (κ1) is 20.9. The van der Waals surface area contributed by atoms with Crippen molar-refractivity contribution in [3.05, 3.63) is 161 Å². The quantitative estimate of drug-likeness (QED) is 0.310. The molecule has 4 aromatic carbocycles. The van der Waals surface area contributed by atoms with Crippen molar-refractivity contribution < 1.29 is 0 Å². The van der Waals surface area contributed by atoms with E-state index in [1.54, 1.807) is 6.33 Å². The summed E-state index contributed by atoms with van der Waals surface area (Å²) in [5, 5.41) is 0. The number of hydrogen-bond acceptors (Lipinski definition) is 2. The third kappa shape index (κ3) is 3.77. The maximum Gasteiger partial charge on any atom is 0.0923 e. The normalized spacial score (nSPS) is 12.4. The van der Waals surface area contributed by atoms with Crippen molar-refractivity contribution in [3.63, 3.8) is 0 Å². The van der Waals surface area contributed by atoms with E-state index < -0.39 is 5.41 Å². The van der Waals surface area contributed by atoms with Crippen molar-refractivity contribution in [3.8, 4) is 0 Å². The van der Waals surface area contributed by atoms with Gasteiger partial charge in [0, 0.05) is 18.7 Å². The molecule has 3 nitrogen and oxygen atoms in total. The van der Waals surface area contributed by atoms with E-state index in [9.17, 15) is 0 Å². The van der Waals surface area contributed by atoms with E-state index in [1.165, 1.54) is 22.3 Å². The molecule has 162 valence electrons. The Hall–Kier alpha value is -3.95. The highest BCUT2D eigenvalue weighted by atomic mass is 14.9. The van der Waals surface area contributed by atoms with Crippen molar-refractivity contribution >= 4 is 0 Å². The fourth-order valence-electron chi connectivity index (χ4n) is 5.07. The standard InChI is InChI=1S/C30H27N3/c31-20-23-11-10-12-24(19-23)29(28-21-32-22-33-28)30(25-13-4-1-5-14-25,26-15-6-2-7-16-26)27-17-8-3-9-18-27/h1-19,21-22,29H,20,31H2,(H,32,33). The zero-order valence-electron chi connectivity index (χ0n) is 18.4. The molecule has 0 aliphatic heterocycles. The maximum absolute atomic E-state index is 6.06. The first-order valence-electron chi connectivity index (χ1n) is 11.3. The van der Waals surface area contributed by atoms with Gasteiger partial charge in [0.25, 0.3) is 0 Å². The summed E-state index contributed by atoms with van der Waals surface area (Å²) in [7, 11) is 0. The number of imidazole rings is 1. The molecule has 0 saturated carbocycles. The molecule has 1 aromatic heterocycles. The molecular formula is C30H27N3. The second-order valence-corrected chi connectivity index (χ2v) is 8.28. The van der Waals surface area contributed by atoms with E-state index in [0.717, 1.165) is 11.3 Å². The van der Waals surface area contributed by atoms with Gasteiger partial charge in [-0.15, -0.1) is 0 Å². The second kappa shape index (κ2) is 9.27. The Labute approximate surface area is 195 Å². The molecule has 33 heavy (non-hydrogen) atoms. The van der Waals surface area contributed by atoms with Crippen molar-refractivity contribution in [2.45, 2.75) is 17.9 Å². The van der Waals surface area contributed by atoms with E-state index in [1.807, 2.05) is 6.20 Å². The zero-order chi connectivity index (χ0) is 22.5. The zero-order valence-corrected chi connectivity index (χ0v) is 18.4. The van der Waals surface area contributed by atoms with Crippen molar-refractivity contribution in [2.75, 3.05) is 0 Å². The molecule has 3 heteroatoms. The van der Waals surface area contributed by atoms with Gasteiger partial charge in [0.1, 0.15) is 0 Å².